The van der Waals surface area contributed by atoms with E-state index < -0.39 is 43.1 Å². The molecular weight excluding hydrogens is 484 g/mol. The van der Waals surface area contributed by atoms with Gasteiger partial charge in [-0.15, -0.1) is 6.58 Å². The molecule has 3 fully saturated rings. The number of hydrogen-bond acceptors (Lipinski definition) is 10. The maximum Gasteiger partial charge on any atom is 0.335 e. The number of hydrogen-bond donors (Lipinski definition) is 7. The van der Waals surface area contributed by atoms with Crippen molar-refractivity contribution >= 4 is 16.9 Å². The van der Waals surface area contributed by atoms with Crippen LogP contribution in [-0.4, -0.2) is 109 Å². The Morgan fingerprint density at radius 2 is 1.95 bits per heavy atom. The molecule has 11 nitrogen and oxygen atoms in total. The van der Waals surface area contributed by atoms with Crippen LogP contribution in [0.25, 0.3) is 10.9 Å². The zero-order chi connectivity index (χ0) is 27.3. The lowest BCUT2D eigenvalue weighted by molar-refractivity contribution is -0.164. The Kier molecular flexibility index (Phi) is 9.96. The van der Waals surface area contributed by atoms with Crippen molar-refractivity contribution in [1.82, 2.24) is 9.88 Å². The number of carboxylic acid groups (broad SMARTS) is 1. The van der Waals surface area contributed by atoms with E-state index in [0.717, 1.165) is 41.7 Å². The molecule has 0 aliphatic carbocycles. The topological polar surface area (TPSA) is 184 Å². The Hall–Kier alpha value is -2.64. The highest BCUT2D eigenvalue weighted by Crippen LogP contribution is 2.42. The first-order valence-electron chi connectivity index (χ1n) is 12.2. The molecule has 2 bridgehead atoms. The van der Waals surface area contributed by atoms with Crippen molar-refractivity contribution in [3.05, 3.63) is 48.7 Å². The molecule has 11 heteroatoms. The summed E-state index contributed by atoms with van der Waals surface area (Å²) >= 11 is 0. The van der Waals surface area contributed by atoms with Gasteiger partial charge in [0.15, 0.2) is 6.10 Å². The predicted molar refractivity (Wildman–Crippen MR) is 134 cm³/mol. The molecule has 3 aliphatic heterocycles. The highest BCUT2D eigenvalue weighted by atomic mass is 16.5. The van der Waals surface area contributed by atoms with Gasteiger partial charge >= 0.3 is 5.97 Å². The van der Waals surface area contributed by atoms with Gasteiger partial charge in [-0.1, -0.05) is 6.08 Å². The summed E-state index contributed by atoms with van der Waals surface area (Å²) in [6.45, 7) is 5.23. The number of pyridine rings is 1. The third-order valence-corrected chi connectivity index (χ3v) is 7.33. The van der Waals surface area contributed by atoms with Gasteiger partial charge in [0.25, 0.3) is 0 Å². The number of methoxy groups -OCH3 is 1. The molecule has 0 radical (unpaired) electrons. The number of fused-ring (bicyclic) bond motifs is 4. The molecule has 4 heterocycles. The SMILES string of the molecule is C=C[C@H]1CN2CC[C@@H]1C[C@@H]2[C@@H](O)c1ccnc2ccc(OC)cc12.O=C(O)[C@H](O)[C@@H](O)[C@H](O)[C@H](O)CO. The van der Waals surface area contributed by atoms with Crippen molar-refractivity contribution in [2.45, 2.75) is 49.4 Å². The molecule has 2 aromatic rings. The van der Waals surface area contributed by atoms with Crippen molar-refractivity contribution in [2.24, 2.45) is 11.8 Å². The van der Waals surface area contributed by atoms with Crippen LogP contribution in [0.1, 0.15) is 24.5 Å². The summed E-state index contributed by atoms with van der Waals surface area (Å²) in [4.78, 5) is 16.9. The zero-order valence-corrected chi connectivity index (χ0v) is 20.7. The molecule has 204 valence electrons. The van der Waals surface area contributed by atoms with E-state index in [1.165, 1.54) is 6.42 Å². The third kappa shape index (κ3) is 6.44. The van der Waals surface area contributed by atoms with E-state index in [4.69, 9.17) is 35.4 Å². The lowest BCUT2D eigenvalue weighted by Gasteiger charge is -2.50. The molecule has 0 amide bonds. The number of aliphatic carboxylic acids is 1. The monoisotopic (exact) mass is 520 g/mol. The molecule has 1 aromatic heterocycles. The van der Waals surface area contributed by atoms with Crippen LogP contribution in [0.15, 0.2) is 43.1 Å². The Labute approximate surface area is 214 Å². The van der Waals surface area contributed by atoms with Gasteiger partial charge < -0.3 is 40.5 Å². The minimum Gasteiger partial charge on any atom is -0.497 e. The van der Waals surface area contributed by atoms with Crippen molar-refractivity contribution in [1.29, 1.82) is 0 Å². The Bertz CT molecular complexity index is 1070. The number of piperidine rings is 3. The Morgan fingerprint density at radius 3 is 2.51 bits per heavy atom. The fourth-order valence-electron chi connectivity index (χ4n) is 5.11. The summed E-state index contributed by atoms with van der Waals surface area (Å²) in [6, 6.07) is 7.96. The molecule has 3 saturated heterocycles. The molecule has 5 rings (SSSR count). The molecular formula is C26H36N2O9. The van der Waals surface area contributed by atoms with Crippen LogP contribution < -0.4 is 4.74 Å². The standard InChI is InChI=1S/C20H24N2O2.C6H12O7/c1-3-13-12-22-9-7-14(13)10-19(22)20(23)16-6-8-21-18-5-4-15(24-2)11-17(16)18;7-1-2(8)3(9)4(10)5(11)6(12)13/h3-6,8,11,13-14,19-20,23H,1,7,9-10,12H2,2H3;2-5,7-11H,1H2,(H,12,13)/t13-,14+,19+,20-;2-,3-,4+,5-/m01/s1. The van der Waals surface area contributed by atoms with Crippen molar-refractivity contribution in [2.75, 3.05) is 26.8 Å². The van der Waals surface area contributed by atoms with Crippen molar-refractivity contribution < 1.29 is 45.3 Å². The molecule has 37 heavy (non-hydrogen) atoms. The van der Waals surface area contributed by atoms with Gasteiger partial charge in [0.05, 0.1) is 25.3 Å². The number of rotatable bonds is 9. The molecule has 3 aliphatic rings. The average molecular weight is 521 g/mol. The minimum absolute atomic E-state index is 0.178. The first-order chi connectivity index (χ1) is 17.6. The van der Waals surface area contributed by atoms with E-state index in [1.54, 1.807) is 13.3 Å². The number of aromatic nitrogens is 1. The normalized spacial score (nSPS) is 26.8. The van der Waals surface area contributed by atoms with Gasteiger partial charge in [0.2, 0.25) is 0 Å². The van der Waals surface area contributed by atoms with E-state index in [2.05, 4.69) is 22.5 Å². The zero-order valence-electron chi connectivity index (χ0n) is 20.7. The fourth-order valence-corrected chi connectivity index (χ4v) is 5.11. The molecule has 0 saturated carbocycles. The summed E-state index contributed by atoms with van der Waals surface area (Å²) in [5, 5.41) is 63.9. The fraction of sp³-hybridized carbons (Fsp3) is 0.538. The van der Waals surface area contributed by atoms with Crippen LogP contribution in [0.2, 0.25) is 0 Å². The average Bonchev–Trinajstić information content (AvgIpc) is 2.94. The lowest BCUT2D eigenvalue weighted by Crippen LogP contribution is -2.54. The number of carbonyl (C=O) groups is 1. The van der Waals surface area contributed by atoms with Crippen LogP contribution in [0, 0.1) is 11.8 Å². The summed E-state index contributed by atoms with van der Waals surface area (Å²) in [7, 11) is 1.66. The maximum absolute atomic E-state index is 11.2. The first-order valence-corrected chi connectivity index (χ1v) is 12.2. The Balaban J connectivity index is 0.000000251. The largest absolute Gasteiger partial charge is 0.497 e. The van der Waals surface area contributed by atoms with Crippen LogP contribution in [0.4, 0.5) is 0 Å². The van der Waals surface area contributed by atoms with Crippen LogP contribution in [0.5, 0.6) is 5.75 Å². The minimum atomic E-state index is -2.20. The third-order valence-electron chi connectivity index (χ3n) is 7.33. The lowest BCUT2D eigenvalue weighted by atomic mass is 9.73. The van der Waals surface area contributed by atoms with Gasteiger partial charge in [0, 0.05) is 24.2 Å². The Morgan fingerprint density at radius 1 is 1.22 bits per heavy atom. The van der Waals surface area contributed by atoms with E-state index in [-0.39, 0.29) is 6.04 Å². The number of aliphatic hydroxyl groups excluding tert-OH is 6. The second-order valence-corrected chi connectivity index (χ2v) is 9.49. The summed E-state index contributed by atoms with van der Waals surface area (Å²) in [5.41, 5.74) is 1.85. The molecule has 0 spiro atoms. The van der Waals surface area contributed by atoms with Crippen molar-refractivity contribution in [3.8, 4) is 5.75 Å². The van der Waals surface area contributed by atoms with Crippen LogP contribution in [0.3, 0.4) is 0 Å². The van der Waals surface area contributed by atoms with Gasteiger partial charge in [0.1, 0.15) is 24.1 Å². The number of ether oxygens (including phenoxy) is 1. The first kappa shape index (κ1) is 28.9. The predicted octanol–water partition coefficient (Wildman–Crippen LogP) is -0.320. The number of nitrogens with zero attached hydrogens (tertiary/aromatic N) is 2. The summed E-state index contributed by atoms with van der Waals surface area (Å²) in [5.74, 6) is 0.282. The second kappa shape index (κ2) is 12.7. The summed E-state index contributed by atoms with van der Waals surface area (Å²) < 4.78 is 5.35. The van der Waals surface area contributed by atoms with E-state index in [1.807, 2.05) is 24.3 Å². The summed E-state index contributed by atoms with van der Waals surface area (Å²) in [6.07, 6.45) is -2.22. The molecule has 1 unspecified atom stereocenters. The van der Waals surface area contributed by atoms with Crippen LogP contribution >= 0.6 is 0 Å². The van der Waals surface area contributed by atoms with Crippen LogP contribution in [-0.2, 0) is 4.79 Å². The molecule has 9 atom stereocenters. The highest BCUT2D eigenvalue weighted by Gasteiger charge is 2.42. The maximum atomic E-state index is 11.2. The smallest absolute Gasteiger partial charge is 0.335 e. The van der Waals surface area contributed by atoms with Gasteiger partial charge in [-0.25, -0.2) is 4.79 Å². The van der Waals surface area contributed by atoms with E-state index >= 15 is 0 Å². The molecule has 7 N–H and O–H groups in total. The number of aliphatic hydroxyl groups is 6. The van der Waals surface area contributed by atoms with Crippen molar-refractivity contribution in [3.63, 3.8) is 0 Å². The van der Waals surface area contributed by atoms with Gasteiger partial charge in [-0.3, -0.25) is 9.88 Å². The second-order valence-electron chi connectivity index (χ2n) is 9.49. The quantitative estimate of drug-likeness (QED) is 0.215. The number of carboxylic acids is 1. The van der Waals surface area contributed by atoms with Gasteiger partial charge in [-0.05, 0) is 61.1 Å². The van der Waals surface area contributed by atoms with Gasteiger partial charge in [-0.2, -0.15) is 0 Å². The molecule has 1 aromatic carbocycles. The van der Waals surface area contributed by atoms with E-state index in [9.17, 15) is 9.90 Å². The number of benzene rings is 1. The van der Waals surface area contributed by atoms with E-state index in [0.29, 0.717) is 11.8 Å². The highest BCUT2D eigenvalue weighted by molar-refractivity contribution is 5.84.